The molecule has 4 heteroatoms. The SMILES string of the molecule is c1cc2c(N3CCCCC3)ncnc2cn1. The van der Waals surface area contributed by atoms with Gasteiger partial charge in [-0.1, -0.05) is 0 Å². The molecule has 0 aromatic carbocycles. The maximum atomic E-state index is 4.42. The summed E-state index contributed by atoms with van der Waals surface area (Å²) in [5.74, 6) is 1.06. The van der Waals surface area contributed by atoms with Crippen molar-refractivity contribution in [2.75, 3.05) is 18.0 Å². The Morgan fingerprint density at radius 2 is 1.94 bits per heavy atom. The smallest absolute Gasteiger partial charge is 0.139 e. The molecular formula is C12H14N4. The van der Waals surface area contributed by atoms with E-state index in [2.05, 4.69) is 19.9 Å². The zero-order valence-corrected chi connectivity index (χ0v) is 9.13. The minimum Gasteiger partial charge on any atom is -0.356 e. The summed E-state index contributed by atoms with van der Waals surface area (Å²) in [6, 6.07) is 2.00. The normalized spacial score (nSPS) is 16.6. The Hall–Kier alpha value is -1.71. The molecule has 4 nitrogen and oxygen atoms in total. The van der Waals surface area contributed by atoms with Crippen molar-refractivity contribution in [2.24, 2.45) is 0 Å². The van der Waals surface area contributed by atoms with Gasteiger partial charge < -0.3 is 4.90 Å². The van der Waals surface area contributed by atoms with Gasteiger partial charge in [-0.3, -0.25) is 4.98 Å². The van der Waals surface area contributed by atoms with E-state index in [1.807, 2.05) is 6.07 Å². The topological polar surface area (TPSA) is 41.9 Å². The number of hydrogen-bond donors (Lipinski definition) is 0. The maximum absolute atomic E-state index is 4.42. The lowest BCUT2D eigenvalue weighted by atomic mass is 10.1. The van der Waals surface area contributed by atoms with Crippen molar-refractivity contribution in [2.45, 2.75) is 19.3 Å². The molecule has 0 spiro atoms. The molecule has 0 unspecified atom stereocenters. The van der Waals surface area contributed by atoms with E-state index in [1.54, 1.807) is 18.7 Å². The number of pyridine rings is 1. The first-order chi connectivity index (χ1) is 7.95. The van der Waals surface area contributed by atoms with Crippen LogP contribution in [-0.4, -0.2) is 28.0 Å². The van der Waals surface area contributed by atoms with Crippen molar-refractivity contribution < 1.29 is 0 Å². The monoisotopic (exact) mass is 214 g/mol. The van der Waals surface area contributed by atoms with Crippen LogP contribution in [-0.2, 0) is 0 Å². The van der Waals surface area contributed by atoms with Crippen molar-refractivity contribution >= 4 is 16.7 Å². The lowest BCUT2D eigenvalue weighted by Gasteiger charge is -2.28. The van der Waals surface area contributed by atoms with Crippen molar-refractivity contribution in [3.05, 3.63) is 24.8 Å². The van der Waals surface area contributed by atoms with Gasteiger partial charge in [0, 0.05) is 24.7 Å². The minimum absolute atomic E-state index is 0.929. The number of hydrogen-bond acceptors (Lipinski definition) is 4. The average Bonchev–Trinajstić information content (AvgIpc) is 2.39. The van der Waals surface area contributed by atoms with Gasteiger partial charge in [-0.25, -0.2) is 9.97 Å². The number of piperidine rings is 1. The maximum Gasteiger partial charge on any atom is 0.139 e. The lowest BCUT2D eigenvalue weighted by Crippen LogP contribution is -2.30. The second-order valence-electron chi connectivity index (χ2n) is 4.14. The van der Waals surface area contributed by atoms with Crippen LogP contribution in [0.15, 0.2) is 24.8 Å². The molecule has 0 bridgehead atoms. The first-order valence-corrected chi connectivity index (χ1v) is 5.75. The highest BCUT2D eigenvalue weighted by molar-refractivity contribution is 5.88. The largest absolute Gasteiger partial charge is 0.356 e. The van der Waals surface area contributed by atoms with E-state index in [9.17, 15) is 0 Å². The van der Waals surface area contributed by atoms with Crippen molar-refractivity contribution in [3.8, 4) is 0 Å². The van der Waals surface area contributed by atoms with E-state index in [1.165, 1.54) is 19.3 Å². The molecule has 1 fully saturated rings. The van der Waals surface area contributed by atoms with Gasteiger partial charge in [0.1, 0.15) is 12.1 Å². The van der Waals surface area contributed by atoms with Crippen LogP contribution in [0.5, 0.6) is 0 Å². The van der Waals surface area contributed by atoms with E-state index in [4.69, 9.17) is 0 Å². The molecule has 0 N–H and O–H groups in total. The van der Waals surface area contributed by atoms with Crippen molar-refractivity contribution in [1.29, 1.82) is 0 Å². The first-order valence-electron chi connectivity index (χ1n) is 5.75. The number of nitrogens with zero attached hydrogens (tertiary/aromatic N) is 4. The number of fused-ring (bicyclic) bond motifs is 1. The molecule has 3 rings (SSSR count). The summed E-state index contributed by atoms with van der Waals surface area (Å²) >= 11 is 0. The molecule has 0 radical (unpaired) electrons. The summed E-state index contributed by atoms with van der Waals surface area (Å²) in [4.78, 5) is 15.1. The van der Waals surface area contributed by atoms with Crippen LogP contribution in [0.4, 0.5) is 5.82 Å². The summed E-state index contributed by atoms with van der Waals surface area (Å²) in [6.07, 6.45) is 9.09. The third-order valence-electron chi connectivity index (χ3n) is 3.07. The van der Waals surface area contributed by atoms with Crippen LogP contribution in [0.3, 0.4) is 0 Å². The van der Waals surface area contributed by atoms with Crippen molar-refractivity contribution in [1.82, 2.24) is 15.0 Å². The average molecular weight is 214 g/mol. The van der Waals surface area contributed by atoms with Crippen LogP contribution < -0.4 is 4.90 Å². The van der Waals surface area contributed by atoms with E-state index < -0.39 is 0 Å². The Morgan fingerprint density at radius 3 is 2.81 bits per heavy atom. The summed E-state index contributed by atoms with van der Waals surface area (Å²) in [7, 11) is 0. The van der Waals surface area contributed by atoms with Crippen molar-refractivity contribution in [3.63, 3.8) is 0 Å². The van der Waals surface area contributed by atoms with Crippen LogP contribution >= 0.6 is 0 Å². The number of rotatable bonds is 1. The molecule has 82 valence electrons. The summed E-state index contributed by atoms with van der Waals surface area (Å²) < 4.78 is 0. The van der Waals surface area contributed by atoms with E-state index >= 15 is 0 Å². The molecule has 0 amide bonds. The molecule has 0 saturated carbocycles. The second-order valence-corrected chi connectivity index (χ2v) is 4.14. The number of aromatic nitrogens is 3. The van der Waals surface area contributed by atoms with E-state index in [-0.39, 0.29) is 0 Å². The van der Waals surface area contributed by atoms with Gasteiger partial charge in [0.2, 0.25) is 0 Å². The quantitative estimate of drug-likeness (QED) is 0.728. The van der Waals surface area contributed by atoms with Gasteiger partial charge in [-0.15, -0.1) is 0 Å². The van der Waals surface area contributed by atoms with E-state index in [0.29, 0.717) is 0 Å². The lowest BCUT2D eigenvalue weighted by molar-refractivity contribution is 0.574. The van der Waals surface area contributed by atoms with E-state index in [0.717, 1.165) is 29.8 Å². The molecule has 2 aromatic heterocycles. The molecule has 1 aliphatic rings. The highest BCUT2D eigenvalue weighted by Crippen LogP contribution is 2.24. The first kappa shape index (κ1) is 9.51. The highest BCUT2D eigenvalue weighted by atomic mass is 15.2. The molecule has 16 heavy (non-hydrogen) atoms. The summed E-state index contributed by atoms with van der Waals surface area (Å²) in [6.45, 7) is 2.21. The molecule has 0 atom stereocenters. The second kappa shape index (κ2) is 4.04. The fraction of sp³-hybridized carbons (Fsp3) is 0.417. The third kappa shape index (κ3) is 1.60. The molecule has 1 saturated heterocycles. The van der Waals surface area contributed by atoms with Gasteiger partial charge in [-0.2, -0.15) is 0 Å². The van der Waals surface area contributed by atoms with Gasteiger partial charge in [-0.05, 0) is 25.3 Å². The fourth-order valence-corrected chi connectivity index (χ4v) is 2.25. The fourth-order valence-electron chi connectivity index (χ4n) is 2.25. The standard InChI is InChI=1S/C12H14N4/c1-2-6-16(7-3-1)12-10-4-5-13-8-11(10)14-9-15-12/h4-5,8-9H,1-3,6-7H2. The zero-order valence-electron chi connectivity index (χ0n) is 9.13. The molecule has 0 aliphatic carbocycles. The highest BCUT2D eigenvalue weighted by Gasteiger charge is 2.14. The van der Waals surface area contributed by atoms with Gasteiger partial charge >= 0.3 is 0 Å². The Bertz CT molecular complexity index is 486. The molecule has 3 heterocycles. The Kier molecular flexibility index (Phi) is 2.40. The third-order valence-corrected chi connectivity index (χ3v) is 3.07. The van der Waals surface area contributed by atoms with Crippen LogP contribution in [0, 0.1) is 0 Å². The zero-order chi connectivity index (χ0) is 10.8. The molecule has 2 aromatic rings. The molecule has 1 aliphatic heterocycles. The Morgan fingerprint density at radius 1 is 1.06 bits per heavy atom. The van der Waals surface area contributed by atoms with Gasteiger partial charge in [0.15, 0.2) is 0 Å². The van der Waals surface area contributed by atoms with Crippen LogP contribution in [0.25, 0.3) is 10.9 Å². The van der Waals surface area contributed by atoms with Crippen LogP contribution in [0.2, 0.25) is 0 Å². The Balaban J connectivity index is 2.08. The summed E-state index contributed by atoms with van der Waals surface area (Å²) in [5.41, 5.74) is 0.929. The number of anilines is 1. The Labute approximate surface area is 94.4 Å². The predicted octanol–water partition coefficient (Wildman–Crippen LogP) is 2.02. The summed E-state index contributed by atoms with van der Waals surface area (Å²) in [5, 5.41) is 1.11. The predicted molar refractivity (Wildman–Crippen MR) is 63.4 cm³/mol. The van der Waals surface area contributed by atoms with Gasteiger partial charge in [0.05, 0.1) is 11.7 Å². The van der Waals surface area contributed by atoms with Gasteiger partial charge in [0.25, 0.3) is 0 Å². The minimum atomic E-state index is 0.929. The molecular weight excluding hydrogens is 200 g/mol. The van der Waals surface area contributed by atoms with Crippen LogP contribution in [0.1, 0.15) is 19.3 Å².